The first-order valence-electron chi connectivity index (χ1n) is 10.2. The van der Waals surface area contributed by atoms with Gasteiger partial charge in [-0.1, -0.05) is 29.8 Å². The van der Waals surface area contributed by atoms with Crippen molar-refractivity contribution in [2.24, 2.45) is 0 Å². The first kappa shape index (κ1) is 20.8. The molecule has 0 aliphatic carbocycles. The van der Waals surface area contributed by atoms with Crippen molar-refractivity contribution in [1.29, 1.82) is 0 Å². The van der Waals surface area contributed by atoms with Crippen molar-refractivity contribution in [3.63, 3.8) is 0 Å². The third-order valence-electron chi connectivity index (χ3n) is 5.94. The molecule has 6 nitrogen and oxygen atoms in total. The standard InChI is InChI=1S/C22H26FN3O3S/c1-17-2-4-18(5-3-17)16-24-14-15-26(22(24)27)20-10-12-25(13-11-20)30(28,29)21-8-6-19(23)7-9-21/h2-9,20H,10-16H2,1H3. The van der Waals surface area contributed by atoms with E-state index >= 15 is 0 Å². The molecule has 0 unspecified atom stereocenters. The van der Waals surface area contributed by atoms with Gasteiger partial charge in [0.25, 0.3) is 0 Å². The lowest BCUT2D eigenvalue weighted by molar-refractivity contribution is 0.153. The Morgan fingerprint density at radius 2 is 1.57 bits per heavy atom. The summed E-state index contributed by atoms with van der Waals surface area (Å²) >= 11 is 0. The van der Waals surface area contributed by atoms with Crippen LogP contribution in [0.2, 0.25) is 0 Å². The molecule has 0 bridgehead atoms. The minimum absolute atomic E-state index is 0.0235. The van der Waals surface area contributed by atoms with Crippen molar-refractivity contribution < 1.29 is 17.6 Å². The number of carbonyl (C=O) groups excluding carboxylic acids is 1. The van der Waals surface area contributed by atoms with Gasteiger partial charge in [0, 0.05) is 38.8 Å². The van der Waals surface area contributed by atoms with E-state index in [2.05, 4.69) is 0 Å². The number of hydrogen-bond acceptors (Lipinski definition) is 3. The average molecular weight is 432 g/mol. The molecule has 2 aromatic carbocycles. The zero-order chi connectivity index (χ0) is 21.3. The molecule has 2 heterocycles. The Hall–Kier alpha value is -2.45. The normalized spacial score (nSPS) is 18.9. The van der Waals surface area contributed by atoms with Crippen LogP contribution in [-0.4, -0.2) is 60.8 Å². The monoisotopic (exact) mass is 431 g/mol. The van der Waals surface area contributed by atoms with E-state index in [9.17, 15) is 17.6 Å². The summed E-state index contributed by atoms with van der Waals surface area (Å²) in [5, 5.41) is 0. The van der Waals surface area contributed by atoms with Crippen LogP contribution >= 0.6 is 0 Å². The van der Waals surface area contributed by atoms with E-state index < -0.39 is 15.8 Å². The number of hydrogen-bond donors (Lipinski definition) is 0. The molecule has 0 saturated carbocycles. The van der Waals surface area contributed by atoms with Gasteiger partial charge in [-0.25, -0.2) is 17.6 Å². The van der Waals surface area contributed by atoms with Crippen LogP contribution < -0.4 is 0 Å². The Morgan fingerprint density at radius 3 is 2.20 bits per heavy atom. The molecule has 0 radical (unpaired) electrons. The molecule has 2 aliphatic rings. The summed E-state index contributed by atoms with van der Waals surface area (Å²) in [7, 11) is -3.64. The number of carbonyl (C=O) groups is 1. The number of rotatable bonds is 5. The van der Waals surface area contributed by atoms with E-state index in [4.69, 9.17) is 0 Å². The Labute approximate surface area is 176 Å². The second-order valence-corrected chi connectivity index (χ2v) is 9.91. The van der Waals surface area contributed by atoms with Crippen LogP contribution in [0, 0.1) is 12.7 Å². The maximum Gasteiger partial charge on any atom is 0.320 e. The predicted molar refractivity (Wildman–Crippen MR) is 112 cm³/mol. The van der Waals surface area contributed by atoms with Gasteiger partial charge in [-0.3, -0.25) is 0 Å². The molecule has 8 heteroatoms. The first-order valence-corrected chi connectivity index (χ1v) is 11.7. The van der Waals surface area contributed by atoms with Crippen molar-refractivity contribution in [1.82, 2.24) is 14.1 Å². The van der Waals surface area contributed by atoms with Crippen molar-refractivity contribution in [2.45, 2.75) is 37.2 Å². The Kier molecular flexibility index (Phi) is 5.79. The highest BCUT2D eigenvalue weighted by molar-refractivity contribution is 7.89. The van der Waals surface area contributed by atoms with Gasteiger partial charge in [-0.2, -0.15) is 4.31 Å². The topological polar surface area (TPSA) is 60.9 Å². The van der Waals surface area contributed by atoms with Crippen molar-refractivity contribution in [2.75, 3.05) is 26.2 Å². The number of sulfonamides is 1. The summed E-state index contributed by atoms with van der Waals surface area (Å²) in [6, 6.07) is 13.2. The van der Waals surface area contributed by atoms with Gasteiger partial charge in [-0.15, -0.1) is 0 Å². The summed E-state index contributed by atoms with van der Waals surface area (Å²) in [5.74, 6) is -0.463. The van der Waals surface area contributed by atoms with Crippen LogP contribution in [-0.2, 0) is 16.6 Å². The average Bonchev–Trinajstić information content (AvgIpc) is 3.10. The van der Waals surface area contributed by atoms with Crippen molar-refractivity contribution in [3.05, 3.63) is 65.5 Å². The SMILES string of the molecule is Cc1ccc(CN2CCN(C3CCN(S(=O)(=O)c4ccc(F)cc4)CC3)C2=O)cc1. The number of aryl methyl sites for hydroxylation is 1. The van der Waals surface area contributed by atoms with Crippen molar-refractivity contribution >= 4 is 16.1 Å². The highest BCUT2D eigenvalue weighted by Gasteiger charge is 2.37. The highest BCUT2D eigenvalue weighted by Crippen LogP contribution is 2.26. The van der Waals surface area contributed by atoms with E-state index in [-0.39, 0.29) is 17.0 Å². The second-order valence-electron chi connectivity index (χ2n) is 7.97. The van der Waals surface area contributed by atoms with Crippen LogP contribution in [0.4, 0.5) is 9.18 Å². The number of halogens is 1. The second kappa shape index (κ2) is 8.35. The van der Waals surface area contributed by atoms with Gasteiger partial charge in [0.15, 0.2) is 0 Å². The summed E-state index contributed by atoms with van der Waals surface area (Å²) < 4.78 is 40.1. The first-order chi connectivity index (χ1) is 14.3. The fourth-order valence-corrected chi connectivity index (χ4v) is 5.62. The lowest BCUT2D eigenvalue weighted by Gasteiger charge is -2.35. The molecule has 2 fully saturated rings. The third kappa shape index (κ3) is 4.20. The van der Waals surface area contributed by atoms with Crippen molar-refractivity contribution in [3.8, 4) is 0 Å². The Morgan fingerprint density at radius 1 is 0.933 bits per heavy atom. The summed E-state index contributed by atoms with van der Waals surface area (Å²) in [6.45, 7) is 4.68. The summed E-state index contributed by atoms with van der Waals surface area (Å²) in [4.78, 5) is 16.7. The Balaban J connectivity index is 1.35. The molecular weight excluding hydrogens is 405 g/mol. The molecule has 2 aromatic rings. The van der Waals surface area contributed by atoms with Gasteiger partial charge in [0.05, 0.1) is 4.90 Å². The molecule has 2 amide bonds. The molecular formula is C22H26FN3O3S. The van der Waals surface area contributed by atoms with Crippen LogP contribution in [0.1, 0.15) is 24.0 Å². The maximum absolute atomic E-state index is 13.1. The number of piperidine rings is 1. The molecule has 2 aliphatic heterocycles. The fourth-order valence-electron chi connectivity index (χ4n) is 4.15. The van der Waals surface area contributed by atoms with E-state index in [0.29, 0.717) is 45.6 Å². The van der Waals surface area contributed by atoms with E-state index in [1.807, 2.05) is 41.0 Å². The number of amides is 2. The van der Waals surface area contributed by atoms with E-state index in [0.717, 1.165) is 17.7 Å². The summed E-state index contributed by atoms with van der Waals surface area (Å²) in [5.41, 5.74) is 2.30. The Bertz CT molecular complexity index is 1000. The zero-order valence-electron chi connectivity index (χ0n) is 17.0. The molecule has 0 spiro atoms. The minimum Gasteiger partial charge on any atom is -0.320 e. The molecule has 0 atom stereocenters. The number of nitrogens with zero attached hydrogens (tertiary/aromatic N) is 3. The van der Waals surface area contributed by atoms with Gasteiger partial charge < -0.3 is 9.80 Å². The molecule has 160 valence electrons. The quantitative estimate of drug-likeness (QED) is 0.730. The van der Waals surface area contributed by atoms with Crippen LogP contribution in [0.25, 0.3) is 0 Å². The molecule has 4 rings (SSSR count). The smallest absolute Gasteiger partial charge is 0.320 e. The molecule has 30 heavy (non-hydrogen) atoms. The van der Waals surface area contributed by atoms with Gasteiger partial charge in [-0.05, 0) is 49.6 Å². The maximum atomic E-state index is 13.1. The largest absolute Gasteiger partial charge is 0.320 e. The van der Waals surface area contributed by atoms with Gasteiger partial charge in [0.1, 0.15) is 5.82 Å². The molecule has 0 N–H and O–H groups in total. The zero-order valence-corrected chi connectivity index (χ0v) is 17.8. The lowest BCUT2D eigenvalue weighted by atomic mass is 10.1. The molecule has 0 aromatic heterocycles. The highest BCUT2D eigenvalue weighted by atomic mass is 32.2. The van der Waals surface area contributed by atoms with Crippen LogP contribution in [0.5, 0.6) is 0 Å². The number of urea groups is 1. The van der Waals surface area contributed by atoms with E-state index in [1.54, 1.807) is 0 Å². The van der Waals surface area contributed by atoms with Crippen LogP contribution in [0.3, 0.4) is 0 Å². The fraction of sp³-hybridized carbons (Fsp3) is 0.409. The van der Waals surface area contributed by atoms with Gasteiger partial charge >= 0.3 is 6.03 Å². The number of benzene rings is 2. The van der Waals surface area contributed by atoms with Gasteiger partial charge in [0.2, 0.25) is 10.0 Å². The molecule has 2 saturated heterocycles. The minimum atomic E-state index is -3.64. The lowest BCUT2D eigenvalue weighted by Crippen LogP contribution is -2.47. The van der Waals surface area contributed by atoms with E-state index in [1.165, 1.54) is 22.0 Å². The predicted octanol–water partition coefficient (Wildman–Crippen LogP) is 3.23. The third-order valence-corrected chi connectivity index (χ3v) is 7.85. The van der Waals surface area contributed by atoms with Crippen LogP contribution in [0.15, 0.2) is 53.4 Å². The summed E-state index contributed by atoms with van der Waals surface area (Å²) in [6.07, 6.45) is 1.20.